The van der Waals surface area contributed by atoms with Crippen LogP contribution in [0.4, 0.5) is 0 Å². The summed E-state index contributed by atoms with van der Waals surface area (Å²) in [5, 5.41) is 3.48. The molecule has 1 heteroatoms. The fourth-order valence-corrected chi connectivity index (χ4v) is 1.26. The highest BCUT2D eigenvalue weighted by molar-refractivity contribution is 4.86. The molecule has 0 aliphatic carbocycles. The third kappa shape index (κ3) is 5.59. The molecule has 0 amide bonds. The van der Waals surface area contributed by atoms with Gasteiger partial charge in [-0.3, -0.25) is 0 Å². The van der Waals surface area contributed by atoms with Gasteiger partial charge in [0.15, 0.2) is 0 Å². The van der Waals surface area contributed by atoms with E-state index in [0.717, 1.165) is 0 Å². The van der Waals surface area contributed by atoms with E-state index < -0.39 is 0 Å². The van der Waals surface area contributed by atoms with E-state index in [9.17, 15) is 0 Å². The van der Waals surface area contributed by atoms with Crippen LogP contribution >= 0.6 is 0 Å². The Kier molecular flexibility index (Phi) is 10.9. The minimum atomic E-state index is 0.486. The lowest BCUT2D eigenvalue weighted by Crippen LogP contribution is -2.34. The third-order valence-electron chi connectivity index (χ3n) is 2.24. The van der Waals surface area contributed by atoms with E-state index in [1.807, 2.05) is 27.7 Å². The van der Waals surface area contributed by atoms with Crippen LogP contribution in [0.3, 0.4) is 0 Å². The van der Waals surface area contributed by atoms with Gasteiger partial charge in [0.2, 0.25) is 0 Å². The lowest BCUT2D eigenvalue weighted by molar-refractivity contribution is 0.401. The Morgan fingerprint density at radius 1 is 1.17 bits per heavy atom. The first-order valence-electron chi connectivity index (χ1n) is 5.52. The zero-order valence-electron chi connectivity index (χ0n) is 9.83. The molecule has 0 saturated carbocycles. The van der Waals surface area contributed by atoms with Crippen LogP contribution in [0.1, 0.15) is 60.8 Å². The number of hydrogen-bond acceptors (Lipinski definition) is 1. The molecule has 12 heavy (non-hydrogen) atoms. The standard InChI is InChI=1S/C7H15N.2C2H6/c1-3-7(2)5-4-6-8-7;2*1-2/h8H,3-6H2,1-2H3;2*1-2H3. The van der Waals surface area contributed by atoms with Crippen molar-refractivity contribution in [1.82, 2.24) is 5.32 Å². The summed E-state index contributed by atoms with van der Waals surface area (Å²) in [5.74, 6) is 0. The molecule has 0 spiro atoms. The largest absolute Gasteiger partial charge is 0.312 e. The summed E-state index contributed by atoms with van der Waals surface area (Å²) in [7, 11) is 0. The number of rotatable bonds is 1. The molecule has 76 valence electrons. The van der Waals surface area contributed by atoms with E-state index in [0.29, 0.717) is 5.54 Å². The van der Waals surface area contributed by atoms with E-state index in [2.05, 4.69) is 19.2 Å². The fourth-order valence-electron chi connectivity index (χ4n) is 1.26. The van der Waals surface area contributed by atoms with Gasteiger partial charge in [0.25, 0.3) is 0 Å². The molecule has 0 aromatic heterocycles. The molecule has 1 N–H and O–H groups in total. The summed E-state index contributed by atoms with van der Waals surface area (Å²) in [4.78, 5) is 0. The Bertz CT molecular complexity index is 73.1. The van der Waals surface area contributed by atoms with Crippen LogP contribution in [0.5, 0.6) is 0 Å². The molecule has 1 nitrogen and oxygen atoms in total. The van der Waals surface area contributed by atoms with Crippen molar-refractivity contribution in [2.45, 2.75) is 66.3 Å². The molecule has 1 heterocycles. The molecule has 1 aliphatic rings. The highest BCUT2D eigenvalue weighted by Gasteiger charge is 2.24. The van der Waals surface area contributed by atoms with Crippen LogP contribution < -0.4 is 5.32 Å². The Morgan fingerprint density at radius 3 is 1.83 bits per heavy atom. The number of hydrogen-bond donors (Lipinski definition) is 1. The van der Waals surface area contributed by atoms with Crippen molar-refractivity contribution in [3.8, 4) is 0 Å². The van der Waals surface area contributed by atoms with Crippen molar-refractivity contribution in [2.75, 3.05) is 6.54 Å². The van der Waals surface area contributed by atoms with Gasteiger partial charge in [0.1, 0.15) is 0 Å². The second kappa shape index (κ2) is 9.05. The molecule has 0 aromatic carbocycles. The minimum absolute atomic E-state index is 0.486. The Morgan fingerprint density at radius 2 is 1.67 bits per heavy atom. The smallest absolute Gasteiger partial charge is 0.0151 e. The molecule has 1 unspecified atom stereocenters. The summed E-state index contributed by atoms with van der Waals surface area (Å²) < 4.78 is 0. The molecule has 1 fully saturated rings. The maximum absolute atomic E-state index is 3.48. The fraction of sp³-hybridized carbons (Fsp3) is 1.00. The highest BCUT2D eigenvalue weighted by atomic mass is 15.0. The second-order valence-corrected chi connectivity index (χ2v) is 2.94. The molecule has 0 aromatic rings. The molecule has 1 atom stereocenters. The number of nitrogens with one attached hydrogen (secondary N) is 1. The van der Waals surface area contributed by atoms with Crippen molar-refractivity contribution in [1.29, 1.82) is 0 Å². The topological polar surface area (TPSA) is 12.0 Å². The van der Waals surface area contributed by atoms with Crippen LogP contribution in [0.25, 0.3) is 0 Å². The van der Waals surface area contributed by atoms with Gasteiger partial charge in [0, 0.05) is 5.54 Å². The SMILES string of the molecule is CC.CC.CCC1(C)CCCN1. The first-order chi connectivity index (χ1) is 5.77. The van der Waals surface area contributed by atoms with E-state index in [1.54, 1.807) is 0 Å². The molecular weight excluding hydrogens is 146 g/mol. The van der Waals surface area contributed by atoms with Crippen LogP contribution in [0.15, 0.2) is 0 Å². The summed E-state index contributed by atoms with van der Waals surface area (Å²) in [6.45, 7) is 13.8. The van der Waals surface area contributed by atoms with Crippen LogP contribution in [-0.4, -0.2) is 12.1 Å². The summed E-state index contributed by atoms with van der Waals surface area (Å²) in [6.07, 6.45) is 4.00. The Labute approximate surface area is 78.9 Å². The molecule has 1 rings (SSSR count). The minimum Gasteiger partial charge on any atom is -0.312 e. The molecular formula is C11H27N. The van der Waals surface area contributed by atoms with E-state index in [4.69, 9.17) is 0 Å². The zero-order valence-corrected chi connectivity index (χ0v) is 9.83. The van der Waals surface area contributed by atoms with Crippen LogP contribution in [0, 0.1) is 0 Å². The van der Waals surface area contributed by atoms with Crippen molar-refractivity contribution in [3.63, 3.8) is 0 Å². The van der Waals surface area contributed by atoms with Gasteiger partial charge < -0.3 is 5.32 Å². The first kappa shape index (κ1) is 14.5. The van der Waals surface area contributed by atoms with Crippen LogP contribution in [0.2, 0.25) is 0 Å². The normalized spacial score (nSPS) is 26.5. The summed E-state index contributed by atoms with van der Waals surface area (Å²) in [5.41, 5.74) is 0.486. The first-order valence-corrected chi connectivity index (χ1v) is 5.52. The van der Waals surface area contributed by atoms with Gasteiger partial charge in [-0.1, -0.05) is 34.6 Å². The predicted octanol–water partition coefficient (Wildman–Crippen LogP) is 3.59. The zero-order chi connectivity index (χ0) is 10.0. The summed E-state index contributed by atoms with van der Waals surface area (Å²) >= 11 is 0. The molecule has 0 radical (unpaired) electrons. The molecule has 1 aliphatic heterocycles. The monoisotopic (exact) mass is 173 g/mol. The lowest BCUT2D eigenvalue weighted by Gasteiger charge is -2.21. The van der Waals surface area contributed by atoms with Gasteiger partial charge in [-0.05, 0) is 32.7 Å². The van der Waals surface area contributed by atoms with Crippen molar-refractivity contribution in [3.05, 3.63) is 0 Å². The Balaban J connectivity index is 0. The van der Waals surface area contributed by atoms with Gasteiger partial charge in [-0.15, -0.1) is 0 Å². The van der Waals surface area contributed by atoms with Gasteiger partial charge in [0.05, 0.1) is 0 Å². The Hall–Kier alpha value is -0.0400. The maximum atomic E-state index is 3.48. The molecule has 1 saturated heterocycles. The maximum Gasteiger partial charge on any atom is 0.0151 e. The van der Waals surface area contributed by atoms with Gasteiger partial charge in [-0.25, -0.2) is 0 Å². The average molecular weight is 173 g/mol. The van der Waals surface area contributed by atoms with E-state index in [1.165, 1.54) is 25.8 Å². The summed E-state index contributed by atoms with van der Waals surface area (Å²) in [6, 6.07) is 0. The third-order valence-corrected chi connectivity index (χ3v) is 2.24. The van der Waals surface area contributed by atoms with E-state index >= 15 is 0 Å². The van der Waals surface area contributed by atoms with Crippen molar-refractivity contribution in [2.24, 2.45) is 0 Å². The van der Waals surface area contributed by atoms with E-state index in [-0.39, 0.29) is 0 Å². The lowest BCUT2D eigenvalue weighted by atomic mass is 9.98. The van der Waals surface area contributed by atoms with Crippen molar-refractivity contribution >= 4 is 0 Å². The average Bonchev–Trinajstić information content (AvgIpc) is 2.60. The highest BCUT2D eigenvalue weighted by Crippen LogP contribution is 2.20. The van der Waals surface area contributed by atoms with Crippen molar-refractivity contribution < 1.29 is 0 Å². The van der Waals surface area contributed by atoms with Gasteiger partial charge >= 0.3 is 0 Å². The second-order valence-electron chi connectivity index (χ2n) is 2.94. The van der Waals surface area contributed by atoms with Gasteiger partial charge in [-0.2, -0.15) is 0 Å². The molecule has 0 bridgehead atoms. The predicted molar refractivity (Wildman–Crippen MR) is 58.6 cm³/mol. The van der Waals surface area contributed by atoms with Crippen LogP contribution in [-0.2, 0) is 0 Å². The quantitative estimate of drug-likeness (QED) is 0.639.